The first-order valence-corrected chi connectivity index (χ1v) is 5.11. The molecule has 2 heterocycles. The van der Waals surface area contributed by atoms with Crippen molar-refractivity contribution in [3.8, 4) is 0 Å². The Balaban J connectivity index is 1.94. The molecule has 2 amide bonds. The van der Waals surface area contributed by atoms with E-state index in [4.69, 9.17) is 5.73 Å². The molecule has 0 saturated carbocycles. The van der Waals surface area contributed by atoms with E-state index in [0.717, 1.165) is 0 Å². The third-order valence-corrected chi connectivity index (χ3v) is 3.04. The van der Waals surface area contributed by atoms with Crippen molar-refractivity contribution in [1.29, 1.82) is 0 Å². The highest BCUT2D eigenvalue weighted by Gasteiger charge is 2.40. The van der Waals surface area contributed by atoms with Gasteiger partial charge in [0.05, 0.1) is 12.1 Å². The van der Waals surface area contributed by atoms with E-state index in [1.165, 1.54) is 4.90 Å². The van der Waals surface area contributed by atoms with Crippen molar-refractivity contribution in [2.45, 2.75) is 31.0 Å². The standard InChI is InChI=1S/C9H15N3O3/c10-8(14)7-1-2-12(7)9(15)6-3-5(13)4-11-6/h5-7,11,13H,1-4H2,(H2,10,14). The van der Waals surface area contributed by atoms with E-state index in [1.807, 2.05) is 0 Å². The molecule has 15 heavy (non-hydrogen) atoms. The summed E-state index contributed by atoms with van der Waals surface area (Å²) >= 11 is 0. The lowest BCUT2D eigenvalue weighted by Gasteiger charge is -2.40. The molecule has 6 heteroatoms. The van der Waals surface area contributed by atoms with Crippen LogP contribution in [0.15, 0.2) is 0 Å². The van der Waals surface area contributed by atoms with E-state index < -0.39 is 18.1 Å². The van der Waals surface area contributed by atoms with Gasteiger partial charge in [0.2, 0.25) is 11.8 Å². The molecule has 0 aliphatic carbocycles. The van der Waals surface area contributed by atoms with Crippen LogP contribution >= 0.6 is 0 Å². The molecule has 4 N–H and O–H groups in total. The minimum atomic E-state index is -0.466. The molecule has 0 aromatic heterocycles. The van der Waals surface area contributed by atoms with Crippen LogP contribution in [0.2, 0.25) is 0 Å². The molecule has 2 fully saturated rings. The van der Waals surface area contributed by atoms with Crippen molar-refractivity contribution in [1.82, 2.24) is 10.2 Å². The van der Waals surface area contributed by atoms with Gasteiger partial charge >= 0.3 is 0 Å². The summed E-state index contributed by atoms with van der Waals surface area (Å²) < 4.78 is 0. The number of nitrogens with one attached hydrogen (secondary N) is 1. The predicted molar refractivity (Wildman–Crippen MR) is 51.7 cm³/mol. The fraction of sp³-hybridized carbons (Fsp3) is 0.778. The zero-order valence-corrected chi connectivity index (χ0v) is 8.35. The zero-order chi connectivity index (χ0) is 11.0. The van der Waals surface area contributed by atoms with Crippen LogP contribution in [0, 0.1) is 0 Å². The number of aliphatic hydroxyl groups is 1. The summed E-state index contributed by atoms with van der Waals surface area (Å²) in [6, 6.07) is -0.806. The number of primary amides is 1. The first kappa shape index (κ1) is 10.4. The fourth-order valence-electron chi connectivity index (χ4n) is 2.05. The third-order valence-electron chi connectivity index (χ3n) is 3.04. The highest BCUT2D eigenvalue weighted by molar-refractivity contribution is 5.90. The number of hydrogen-bond acceptors (Lipinski definition) is 4. The maximum Gasteiger partial charge on any atom is 0.240 e. The van der Waals surface area contributed by atoms with Gasteiger partial charge < -0.3 is 21.1 Å². The second kappa shape index (κ2) is 3.79. The van der Waals surface area contributed by atoms with Gasteiger partial charge in [0.15, 0.2) is 0 Å². The van der Waals surface area contributed by atoms with Crippen LogP contribution in [0.1, 0.15) is 12.8 Å². The molecule has 3 atom stereocenters. The quantitative estimate of drug-likeness (QED) is 0.485. The first-order chi connectivity index (χ1) is 7.09. The molecule has 3 unspecified atom stereocenters. The zero-order valence-electron chi connectivity index (χ0n) is 8.35. The number of hydrogen-bond donors (Lipinski definition) is 3. The van der Waals surface area contributed by atoms with Gasteiger partial charge in [-0.1, -0.05) is 0 Å². The summed E-state index contributed by atoms with van der Waals surface area (Å²) in [4.78, 5) is 24.3. The number of aliphatic hydroxyl groups excluding tert-OH is 1. The van der Waals surface area contributed by atoms with Crippen molar-refractivity contribution in [2.75, 3.05) is 13.1 Å². The number of carbonyl (C=O) groups is 2. The van der Waals surface area contributed by atoms with Crippen LogP contribution in [0.4, 0.5) is 0 Å². The second-order valence-electron chi connectivity index (χ2n) is 4.09. The Bertz CT molecular complexity index is 294. The number of carbonyl (C=O) groups excluding carboxylic acids is 2. The topological polar surface area (TPSA) is 95.7 Å². The third kappa shape index (κ3) is 1.82. The maximum absolute atomic E-state index is 11.8. The van der Waals surface area contributed by atoms with E-state index >= 15 is 0 Å². The molecule has 2 aliphatic rings. The lowest BCUT2D eigenvalue weighted by Crippen LogP contribution is -2.60. The van der Waals surface area contributed by atoms with Crippen LogP contribution in [0.3, 0.4) is 0 Å². The fourth-order valence-corrected chi connectivity index (χ4v) is 2.05. The number of amides is 2. The van der Waals surface area contributed by atoms with Gasteiger partial charge in [-0.25, -0.2) is 0 Å². The highest BCUT2D eigenvalue weighted by Crippen LogP contribution is 2.20. The molecule has 6 nitrogen and oxygen atoms in total. The molecule has 2 saturated heterocycles. The van der Waals surface area contributed by atoms with Gasteiger partial charge in [-0.2, -0.15) is 0 Å². The number of nitrogens with two attached hydrogens (primary N) is 1. The van der Waals surface area contributed by atoms with E-state index in [0.29, 0.717) is 25.9 Å². The van der Waals surface area contributed by atoms with Crippen molar-refractivity contribution < 1.29 is 14.7 Å². The molecule has 0 spiro atoms. The SMILES string of the molecule is NC(=O)C1CCN1C(=O)C1CC(O)CN1. The van der Waals surface area contributed by atoms with Crippen LogP contribution in [0.25, 0.3) is 0 Å². The molecule has 84 valence electrons. The van der Waals surface area contributed by atoms with E-state index in [2.05, 4.69) is 5.32 Å². The Kier molecular flexibility index (Phi) is 2.62. The van der Waals surface area contributed by atoms with E-state index in [-0.39, 0.29) is 11.9 Å². The summed E-state index contributed by atoms with van der Waals surface area (Å²) in [5, 5.41) is 12.2. The smallest absolute Gasteiger partial charge is 0.240 e. The van der Waals surface area contributed by atoms with Crippen LogP contribution < -0.4 is 11.1 Å². The number of likely N-dealkylation sites (tertiary alicyclic amines) is 1. The highest BCUT2D eigenvalue weighted by atomic mass is 16.3. The minimum Gasteiger partial charge on any atom is -0.392 e. The number of nitrogens with zero attached hydrogens (tertiary/aromatic N) is 1. The Morgan fingerprint density at radius 2 is 2.20 bits per heavy atom. The molecule has 0 aromatic carbocycles. The van der Waals surface area contributed by atoms with Crippen LogP contribution in [-0.2, 0) is 9.59 Å². The average molecular weight is 213 g/mol. The summed E-state index contributed by atoms with van der Waals surface area (Å²) in [6.45, 7) is 1.02. The van der Waals surface area contributed by atoms with Crippen molar-refractivity contribution >= 4 is 11.8 Å². The molecule has 0 aromatic rings. The molecule has 2 aliphatic heterocycles. The Hall–Kier alpha value is -1.14. The van der Waals surface area contributed by atoms with Crippen LogP contribution in [-0.4, -0.2) is 53.1 Å². The Morgan fingerprint density at radius 1 is 1.47 bits per heavy atom. The second-order valence-corrected chi connectivity index (χ2v) is 4.09. The number of rotatable bonds is 2. The molecule has 0 bridgehead atoms. The van der Waals surface area contributed by atoms with Crippen molar-refractivity contribution in [3.05, 3.63) is 0 Å². The van der Waals surface area contributed by atoms with Crippen molar-refractivity contribution in [2.24, 2.45) is 5.73 Å². The summed E-state index contributed by atoms with van der Waals surface area (Å²) in [5.74, 6) is -0.574. The lowest BCUT2D eigenvalue weighted by atomic mass is 10.0. The molecule has 2 rings (SSSR count). The van der Waals surface area contributed by atoms with Gasteiger partial charge in [-0.15, -0.1) is 0 Å². The van der Waals surface area contributed by atoms with Gasteiger partial charge in [-0.3, -0.25) is 9.59 Å². The van der Waals surface area contributed by atoms with E-state index in [9.17, 15) is 14.7 Å². The Labute approximate surface area is 87.4 Å². The Morgan fingerprint density at radius 3 is 2.60 bits per heavy atom. The molecular weight excluding hydrogens is 198 g/mol. The van der Waals surface area contributed by atoms with Gasteiger partial charge in [-0.05, 0) is 12.8 Å². The summed E-state index contributed by atoms with van der Waals surface area (Å²) in [5.41, 5.74) is 5.15. The lowest BCUT2D eigenvalue weighted by molar-refractivity contribution is -0.147. The van der Waals surface area contributed by atoms with Crippen molar-refractivity contribution in [3.63, 3.8) is 0 Å². The molecular formula is C9H15N3O3. The minimum absolute atomic E-state index is 0.124. The van der Waals surface area contributed by atoms with Gasteiger partial charge in [0.1, 0.15) is 6.04 Å². The average Bonchev–Trinajstić information content (AvgIpc) is 2.48. The normalized spacial score (nSPS) is 35.0. The first-order valence-electron chi connectivity index (χ1n) is 5.11. The monoisotopic (exact) mass is 213 g/mol. The van der Waals surface area contributed by atoms with Crippen LogP contribution in [0.5, 0.6) is 0 Å². The maximum atomic E-state index is 11.8. The van der Waals surface area contributed by atoms with Gasteiger partial charge in [0, 0.05) is 13.1 Å². The summed E-state index contributed by atoms with van der Waals surface area (Å²) in [6.07, 6.45) is 0.601. The largest absolute Gasteiger partial charge is 0.392 e. The number of β-amino-alcohol motifs (C(OH)–C–C–N with tert-alkyl or cyclic N) is 1. The van der Waals surface area contributed by atoms with Gasteiger partial charge in [0.25, 0.3) is 0 Å². The predicted octanol–water partition coefficient (Wildman–Crippen LogP) is -2.20. The summed E-state index contributed by atoms with van der Waals surface area (Å²) in [7, 11) is 0. The molecule has 0 radical (unpaired) electrons. The van der Waals surface area contributed by atoms with E-state index in [1.54, 1.807) is 0 Å².